The first-order valence-electron chi connectivity index (χ1n) is 3.24. The second kappa shape index (κ2) is 2.66. The lowest BCUT2D eigenvalue weighted by molar-refractivity contribution is -0.134. The fourth-order valence-corrected chi connectivity index (χ4v) is 0.916. The van der Waals surface area contributed by atoms with E-state index in [1.54, 1.807) is 12.2 Å². The predicted octanol–water partition coefficient (Wildman–Crippen LogP) is 1.20. The summed E-state index contributed by atoms with van der Waals surface area (Å²) >= 11 is 0. The minimum Gasteiger partial charge on any atom is -0.290 e. The fraction of sp³-hybridized carbons (Fsp3) is 0.111. The first kappa shape index (κ1) is 7.66. The van der Waals surface area contributed by atoms with Crippen molar-refractivity contribution in [3.8, 4) is 0 Å². The molecular weight excluding hydrogens is 140 g/mol. The van der Waals surface area contributed by atoms with Gasteiger partial charge in [-0.25, -0.2) is 0 Å². The molecule has 0 aromatic rings. The number of hydrogen-bond acceptors (Lipinski definition) is 2. The highest BCUT2D eigenvalue weighted by atomic mass is 16.2. The molecule has 11 heavy (non-hydrogen) atoms. The summed E-state index contributed by atoms with van der Waals surface area (Å²) in [7, 11) is 0. The van der Waals surface area contributed by atoms with Gasteiger partial charge < -0.3 is 0 Å². The molecule has 0 saturated heterocycles. The summed E-state index contributed by atoms with van der Waals surface area (Å²) in [4.78, 5) is 21.7. The summed E-state index contributed by atoms with van der Waals surface area (Å²) in [6.07, 6.45) is 3.33. The molecule has 0 radical (unpaired) electrons. The topological polar surface area (TPSA) is 34.1 Å². The summed E-state index contributed by atoms with van der Waals surface area (Å²) < 4.78 is 0. The zero-order valence-corrected chi connectivity index (χ0v) is 6.09. The average Bonchev–Trinajstić information content (AvgIpc) is 1.99. The van der Waals surface area contributed by atoms with Crippen molar-refractivity contribution in [1.29, 1.82) is 0 Å². The molecule has 2 nitrogen and oxygen atoms in total. The molecule has 1 aliphatic rings. The van der Waals surface area contributed by atoms with E-state index >= 15 is 0 Å². The Morgan fingerprint density at radius 2 is 2.09 bits per heavy atom. The number of hydrogen-bond donors (Lipinski definition) is 0. The molecule has 0 atom stereocenters. The van der Waals surface area contributed by atoms with Crippen molar-refractivity contribution < 1.29 is 9.59 Å². The van der Waals surface area contributed by atoms with Crippen molar-refractivity contribution in [2.75, 3.05) is 0 Å². The van der Waals surface area contributed by atoms with E-state index in [0.29, 0.717) is 0 Å². The van der Waals surface area contributed by atoms with Crippen molar-refractivity contribution >= 4 is 11.6 Å². The third kappa shape index (κ3) is 1.34. The van der Waals surface area contributed by atoms with Gasteiger partial charge in [-0.1, -0.05) is 19.2 Å². The molecule has 0 heterocycles. The molecule has 2 heteroatoms. The van der Waals surface area contributed by atoms with Gasteiger partial charge in [-0.2, -0.15) is 0 Å². The van der Waals surface area contributed by atoms with Gasteiger partial charge in [0.15, 0.2) is 0 Å². The monoisotopic (exact) mass is 148 g/mol. The number of carbonyl (C=O) groups excluding carboxylic acids is 2. The second-order valence-corrected chi connectivity index (χ2v) is 2.38. The Labute approximate surface area is 64.9 Å². The van der Waals surface area contributed by atoms with E-state index in [1.807, 2.05) is 0 Å². The van der Waals surface area contributed by atoms with Crippen molar-refractivity contribution in [1.82, 2.24) is 0 Å². The van der Waals surface area contributed by atoms with Crippen LogP contribution in [-0.2, 0) is 9.59 Å². The summed E-state index contributed by atoms with van der Waals surface area (Å²) in [5.74, 6) is -0.872. The van der Waals surface area contributed by atoms with Crippen molar-refractivity contribution in [2.24, 2.45) is 0 Å². The Morgan fingerprint density at radius 3 is 2.55 bits per heavy atom. The van der Waals surface area contributed by atoms with Crippen molar-refractivity contribution in [3.05, 3.63) is 36.5 Å². The lowest BCUT2D eigenvalue weighted by Crippen LogP contribution is -2.19. The average molecular weight is 148 g/mol. The van der Waals surface area contributed by atoms with E-state index < -0.39 is 11.6 Å². The first-order valence-corrected chi connectivity index (χ1v) is 3.24. The number of allylic oxidation sites excluding steroid dienone is 4. The number of rotatable bonds is 1. The Kier molecular flexibility index (Phi) is 1.85. The van der Waals surface area contributed by atoms with E-state index in [1.165, 1.54) is 0 Å². The molecule has 56 valence electrons. The molecule has 0 aromatic carbocycles. The maximum atomic E-state index is 10.9. The van der Waals surface area contributed by atoms with Gasteiger partial charge in [0.05, 0.1) is 0 Å². The molecule has 0 aromatic heterocycles. The van der Waals surface area contributed by atoms with E-state index in [9.17, 15) is 9.59 Å². The van der Waals surface area contributed by atoms with Crippen LogP contribution in [-0.4, -0.2) is 11.6 Å². The molecule has 0 bridgehead atoms. The van der Waals surface area contributed by atoms with Gasteiger partial charge in [-0.05, 0) is 11.6 Å². The van der Waals surface area contributed by atoms with E-state index in [2.05, 4.69) is 13.2 Å². The first-order chi connectivity index (χ1) is 5.15. The highest BCUT2D eigenvalue weighted by Crippen LogP contribution is 2.15. The number of Topliss-reactive ketones (excluding diaryl/α,β-unsaturated/α-hetero) is 2. The zero-order chi connectivity index (χ0) is 8.43. The normalized spacial score (nSPS) is 18.2. The highest BCUT2D eigenvalue weighted by Gasteiger charge is 2.21. The minimum atomic E-state index is -0.476. The maximum Gasteiger partial charge on any atom is 0.228 e. The van der Waals surface area contributed by atoms with Crippen LogP contribution in [0, 0.1) is 0 Å². The van der Waals surface area contributed by atoms with Crippen LogP contribution in [0.4, 0.5) is 0 Å². The van der Waals surface area contributed by atoms with E-state index in [0.717, 1.165) is 5.57 Å². The Balaban J connectivity index is 3.02. The van der Waals surface area contributed by atoms with Crippen molar-refractivity contribution in [3.63, 3.8) is 0 Å². The predicted molar refractivity (Wildman–Crippen MR) is 42.1 cm³/mol. The van der Waals surface area contributed by atoms with Gasteiger partial charge in [0.1, 0.15) is 0 Å². The molecule has 0 N–H and O–H groups in total. The van der Waals surface area contributed by atoms with Crippen LogP contribution < -0.4 is 0 Å². The molecule has 0 spiro atoms. The minimum absolute atomic E-state index is 0.168. The van der Waals surface area contributed by atoms with Crippen LogP contribution in [0.5, 0.6) is 0 Å². The van der Waals surface area contributed by atoms with E-state index in [-0.39, 0.29) is 12.0 Å². The fourth-order valence-electron chi connectivity index (χ4n) is 0.916. The maximum absolute atomic E-state index is 10.9. The SMILES string of the molecule is C=CC1=CC(=C)C(=O)C(=O)C1. The molecular formula is C9H8O2. The van der Waals surface area contributed by atoms with Gasteiger partial charge >= 0.3 is 0 Å². The third-order valence-corrected chi connectivity index (χ3v) is 1.53. The van der Waals surface area contributed by atoms with Gasteiger partial charge in [0.25, 0.3) is 0 Å². The molecule has 0 fully saturated rings. The van der Waals surface area contributed by atoms with E-state index in [4.69, 9.17) is 0 Å². The molecule has 0 aliphatic heterocycles. The molecule has 1 rings (SSSR count). The summed E-state index contributed by atoms with van der Waals surface area (Å²) in [6.45, 7) is 6.95. The standard InChI is InChI=1S/C9H8O2/c1-3-7-4-6(2)9(11)8(10)5-7/h3-4H,1-2,5H2. The quantitative estimate of drug-likeness (QED) is 0.413. The number of ketones is 2. The van der Waals surface area contributed by atoms with Crippen molar-refractivity contribution in [2.45, 2.75) is 6.42 Å². The van der Waals surface area contributed by atoms with Gasteiger partial charge in [0.2, 0.25) is 11.6 Å². The van der Waals surface area contributed by atoms with Gasteiger partial charge in [-0.15, -0.1) is 0 Å². The summed E-state index contributed by atoms with van der Waals surface area (Å²) in [5, 5.41) is 0. The van der Waals surface area contributed by atoms with Gasteiger partial charge in [-0.3, -0.25) is 9.59 Å². The zero-order valence-electron chi connectivity index (χ0n) is 6.09. The second-order valence-electron chi connectivity index (χ2n) is 2.38. The molecule has 1 aliphatic carbocycles. The van der Waals surface area contributed by atoms with Crippen LogP contribution in [0.3, 0.4) is 0 Å². The van der Waals surface area contributed by atoms with Crippen LogP contribution >= 0.6 is 0 Å². The molecule has 0 unspecified atom stereocenters. The van der Waals surface area contributed by atoms with Crippen LogP contribution in [0.2, 0.25) is 0 Å². The Morgan fingerprint density at radius 1 is 1.45 bits per heavy atom. The third-order valence-electron chi connectivity index (χ3n) is 1.53. The number of carbonyl (C=O) groups is 2. The lowest BCUT2D eigenvalue weighted by Gasteiger charge is -2.07. The van der Waals surface area contributed by atoms with Crippen LogP contribution in [0.1, 0.15) is 6.42 Å². The highest BCUT2D eigenvalue weighted by molar-refractivity contribution is 6.45. The smallest absolute Gasteiger partial charge is 0.228 e. The van der Waals surface area contributed by atoms with Crippen LogP contribution in [0.15, 0.2) is 36.5 Å². The largest absolute Gasteiger partial charge is 0.290 e. The summed E-state index contributed by atoms with van der Waals surface area (Å²) in [6, 6.07) is 0. The van der Waals surface area contributed by atoms with Gasteiger partial charge in [0, 0.05) is 12.0 Å². The Hall–Kier alpha value is -1.44. The summed E-state index contributed by atoms with van der Waals surface area (Å²) in [5.41, 5.74) is 1.02. The Bertz CT molecular complexity index is 282. The molecule has 0 amide bonds. The van der Waals surface area contributed by atoms with Crippen LogP contribution in [0.25, 0.3) is 0 Å². The lowest BCUT2D eigenvalue weighted by atomic mass is 9.94. The molecule has 0 saturated carbocycles.